The Bertz CT molecular complexity index is 746. The van der Waals surface area contributed by atoms with Gasteiger partial charge in [-0.1, -0.05) is 23.7 Å². The molecule has 2 aromatic rings. The maximum Gasteiger partial charge on any atom is 0.325 e. The van der Waals surface area contributed by atoms with Gasteiger partial charge in [0.2, 0.25) is 0 Å². The molecule has 120 valence electrons. The Kier molecular flexibility index (Phi) is 5.34. The Morgan fingerprint density at radius 1 is 1.17 bits per heavy atom. The van der Waals surface area contributed by atoms with Crippen LogP contribution in [0.3, 0.4) is 0 Å². The maximum absolute atomic E-state index is 12.9. The third kappa shape index (κ3) is 3.87. The minimum Gasteiger partial charge on any atom is -0.468 e. The van der Waals surface area contributed by atoms with Crippen LogP contribution in [0.4, 0.5) is 5.82 Å². The summed E-state index contributed by atoms with van der Waals surface area (Å²) in [4.78, 5) is 30.2. The Hall–Kier alpha value is -2.40. The van der Waals surface area contributed by atoms with E-state index >= 15 is 0 Å². The number of nitrogens with zero attached hydrogens (tertiary/aromatic N) is 2. The van der Waals surface area contributed by atoms with Crippen molar-refractivity contribution in [3.63, 3.8) is 0 Å². The summed E-state index contributed by atoms with van der Waals surface area (Å²) in [7, 11) is 1.28. The number of anilines is 1. The molecule has 0 fully saturated rings. The van der Waals surface area contributed by atoms with Gasteiger partial charge in [-0.2, -0.15) is 0 Å². The van der Waals surface area contributed by atoms with Crippen molar-refractivity contribution >= 4 is 29.3 Å². The number of aryl methyl sites for hydroxylation is 1. The highest BCUT2D eigenvalue weighted by Crippen LogP contribution is 2.22. The van der Waals surface area contributed by atoms with Crippen LogP contribution in [-0.2, 0) is 9.53 Å². The minimum atomic E-state index is -0.527. The number of halogens is 1. The van der Waals surface area contributed by atoms with Crippen molar-refractivity contribution in [2.24, 2.45) is 0 Å². The summed E-state index contributed by atoms with van der Waals surface area (Å²) in [6.07, 6.45) is 0. The van der Waals surface area contributed by atoms with Gasteiger partial charge in [-0.15, -0.1) is 0 Å². The summed E-state index contributed by atoms with van der Waals surface area (Å²) in [6.45, 7) is 3.35. The predicted octanol–water partition coefficient (Wildman–Crippen LogP) is 3.17. The zero-order chi connectivity index (χ0) is 17.0. The second-order valence-electron chi connectivity index (χ2n) is 5.02. The molecular weight excluding hydrogens is 316 g/mol. The molecule has 0 aliphatic rings. The van der Waals surface area contributed by atoms with Crippen LogP contribution in [-0.4, -0.2) is 30.5 Å². The van der Waals surface area contributed by atoms with Crippen molar-refractivity contribution in [1.82, 2.24) is 4.98 Å². The van der Waals surface area contributed by atoms with Crippen molar-refractivity contribution in [3.05, 3.63) is 58.2 Å². The fraction of sp³-hybridized carbons (Fsp3) is 0.235. The van der Waals surface area contributed by atoms with Crippen molar-refractivity contribution in [2.75, 3.05) is 18.6 Å². The number of amides is 1. The molecular formula is C17H17ClN2O3. The van der Waals surface area contributed by atoms with Crippen LogP contribution in [0.25, 0.3) is 0 Å². The summed E-state index contributed by atoms with van der Waals surface area (Å²) in [6, 6.07) is 10.3. The van der Waals surface area contributed by atoms with Gasteiger partial charge in [0.25, 0.3) is 5.91 Å². The largest absolute Gasteiger partial charge is 0.468 e. The molecule has 2 rings (SSSR count). The fourth-order valence-corrected chi connectivity index (χ4v) is 2.29. The average molecular weight is 333 g/mol. The van der Waals surface area contributed by atoms with Gasteiger partial charge in [0.05, 0.1) is 7.11 Å². The van der Waals surface area contributed by atoms with Gasteiger partial charge < -0.3 is 4.74 Å². The maximum atomic E-state index is 12.9. The molecule has 1 heterocycles. The zero-order valence-electron chi connectivity index (χ0n) is 13.2. The number of carbonyl (C=O) groups excluding carboxylic acids is 2. The standard InChI is InChI=1S/C17H17ClN2O3/c1-11-6-4-9-15(19-11)20(10-16(21)23-3)17(22)13-7-5-8-14(18)12(13)2/h4-9H,10H2,1-3H3. The topological polar surface area (TPSA) is 59.5 Å². The number of esters is 1. The van der Waals surface area contributed by atoms with Crippen molar-refractivity contribution in [1.29, 1.82) is 0 Å². The predicted molar refractivity (Wildman–Crippen MR) is 88.9 cm³/mol. The van der Waals surface area contributed by atoms with E-state index in [1.807, 2.05) is 13.0 Å². The van der Waals surface area contributed by atoms with Gasteiger partial charge in [0.15, 0.2) is 0 Å². The molecule has 0 atom stereocenters. The van der Waals surface area contributed by atoms with E-state index in [0.29, 0.717) is 22.0 Å². The number of benzene rings is 1. The van der Waals surface area contributed by atoms with E-state index in [-0.39, 0.29) is 12.5 Å². The first kappa shape index (κ1) is 17.0. The monoisotopic (exact) mass is 332 g/mol. The molecule has 0 aliphatic carbocycles. The van der Waals surface area contributed by atoms with Crippen LogP contribution in [0.5, 0.6) is 0 Å². The Morgan fingerprint density at radius 3 is 2.52 bits per heavy atom. The molecule has 0 radical (unpaired) electrons. The summed E-state index contributed by atoms with van der Waals surface area (Å²) >= 11 is 6.09. The normalized spacial score (nSPS) is 10.3. The fourth-order valence-electron chi connectivity index (χ4n) is 2.11. The van der Waals surface area contributed by atoms with E-state index in [1.165, 1.54) is 12.0 Å². The average Bonchev–Trinajstić information content (AvgIpc) is 2.54. The zero-order valence-corrected chi connectivity index (χ0v) is 13.9. The van der Waals surface area contributed by atoms with E-state index < -0.39 is 5.97 Å². The Balaban J connectivity index is 2.46. The van der Waals surface area contributed by atoms with Gasteiger partial charge >= 0.3 is 5.97 Å². The molecule has 0 spiro atoms. The van der Waals surface area contributed by atoms with Gasteiger partial charge in [-0.3, -0.25) is 14.5 Å². The van der Waals surface area contributed by atoms with Crippen LogP contribution in [0.1, 0.15) is 21.6 Å². The van der Waals surface area contributed by atoms with E-state index in [2.05, 4.69) is 9.72 Å². The van der Waals surface area contributed by atoms with Crippen LogP contribution >= 0.6 is 11.6 Å². The van der Waals surface area contributed by atoms with Crippen molar-refractivity contribution in [3.8, 4) is 0 Å². The molecule has 1 aromatic heterocycles. The van der Waals surface area contributed by atoms with Crippen LogP contribution < -0.4 is 4.90 Å². The lowest BCUT2D eigenvalue weighted by Crippen LogP contribution is -2.37. The van der Waals surface area contributed by atoms with E-state index in [4.69, 9.17) is 11.6 Å². The smallest absolute Gasteiger partial charge is 0.325 e. The number of pyridine rings is 1. The van der Waals surface area contributed by atoms with Crippen molar-refractivity contribution < 1.29 is 14.3 Å². The highest BCUT2D eigenvalue weighted by Gasteiger charge is 2.24. The molecule has 0 unspecified atom stereocenters. The number of methoxy groups -OCH3 is 1. The molecule has 5 nitrogen and oxygen atoms in total. The number of carbonyl (C=O) groups is 2. The lowest BCUT2D eigenvalue weighted by Gasteiger charge is -2.22. The van der Waals surface area contributed by atoms with Crippen molar-refractivity contribution in [2.45, 2.75) is 13.8 Å². The second kappa shape index (κ2) is 7.24. The van der Waals surface area contributed by atoms with Gasteiger partial charge in [-0.05, 0) is 43.7 Å². The number of ether oxygens (including phenoxy) is 1. The quantitative estimate of drug-likeness (QED) is 0.807. The third-order valence-electron chi connectivity index (χ3n) is 3.41. The molecule has 0 aliphatic heterocycles. The third-order valence-corrected chi connectivity index (χ3v) is 3.82. The molecule has 1 aromatic carbocycles. The SMILES string of the molecule is COC(=O)CN(C(=O)c1cccc(Cl)c1C)c1cccc(C)n1. The first-order chi connectivity index (χ1) is 10.9. The molecule has 23 heavy (non-hydrogen) atoms. The first-order valence-corrected chi connectivity index (χ1v) is 7.39. The molecule has 1 amide bonds. The lowest BCUT2D eigenvalue weighted by molar-refractivity contribution is -0.138. The summed E-state index contributed by atoms with van der Waals surface area (Å²) in [5, 5.41) is 0.492. The molecule has 0 N–H and O–H groups in total. The van der Waals surface area contributed by atoms with E-state index in [9.17, 15) is 9.59 Å². The van der Waals surface area contributed by atoms with Crippen LogP contribution in [0.15, 0.2) is 36.4 Å². The Morgan fingerprint density at radius 2 is 1.87 bits per heavy atom. The summed E-state index contributed by atoms with van der Waals surface area (Å²) < 4.78 is 4.69. The van der Waals surface area contributed by atoms with E-state index in [1.54, 1.807) is 37.3 Å². The number of rotatable bonds is 4. The van der Waals surface area contributed by atoms with Gasteiger partial charge in [0, 0.05) is 16.3 Å². The molecule has 0 bridgehead atoms. The Labute approximate surface area is 139 Å². The second-order valence-corrected chi connectivity index (χ2v) is 5.42. The van der Waals surface area contributed by atoms with Crippen LogP contribution in [0.2, 0.25) is 5.02 Å². The molecule has 0 saturated heterocycles. The molecule has 0 saturated carbocycles. The number of hydrogen-bond donors (Lipinski definition) is 0. The summed E-state index contributed by atoms with van der Waals surface area (Å²) in [5.41, 5.74) is 1.82. The van der Waals surface area contributed by atoms with E-state index in [0.717, 1.165) is 5.69 Å². The van der Waals surface area contributed by atoms with Gasteiger partial charge in [-0.25, -0.2) is 4.98 Å². The number of aromatic nitrogens is 1. The highest BCUT2D eigenvalue weighted by molar-refractivity contribution is 6.32. The lowest BCUT2D eigenvalue weighted by atomic mass is 10.1. The minimum absolute atomic E-state index is 0.224. The number of hydrogen-bond acceptors (Lipinski definition) is 4. The highest BCUT2D eigenvalue weighted by atomic mass is 35.5. The van der Waals surface area contributed by atoms with Gasteiger partial charge in [0.1, 0.15) is 12.4 Å². The first-order valence-electron chi connectivity index (χ1n) is 7.01. The van der Waals surface area contributed by atoms with Crippen LogP contribution in [0, 0.1) is 13.8 Å². The summed E-state index contributed by atoms with van der Waals surface area (Å²) in [5.74, 6) is -0.491. The molecule has 6 heteroatoms.